The van der Waals surface area contributed by atoms with Gasteiger partial charge >= 0.3 is 0 Å². The fraction of sp³-hybridized carbons (Fsp3) is 0.158. The lowest BCUT2D eigenvalue weighted by Gasteiger charge is -2.05. The number of methoxy groups -OCH3 is 1. The molecule has 3 heterocycles. The lowest BCUT2D eigenvalue weighted by molar-refractivity contribution is 0.102. The molecular formula is C19H18N6O2S. The number of amides is 1. The maximum Gasteiger partial charge on any atom is 0.259 e. The third kappa shape index (κ3) is 3.16. The molecule has 0 aliphatic heterocycles. The van der Waals surface area contributed by atoms with Crippen molar-refractivity contribution >= 4 is 23.2 Å². The highest BCUT2D eigenvalue weighted by molar-refractivity contribution is 7.12. The number of hydrogen-bond donors (Lipinski definition) is 2. The van der Waals surface area contributed by atoms with Gasteiger partial charge in [-0.2, -0.15) is 4.98 Å². The number of aromatic nitrogens is 5. The van der Waals surface area contributed by atoms with E-state index in [0.717, 1.165) is 22.1 Å². The number of carbonyl (C=O) groups excluding carboxylic acids is 1. The van der Waals surface area contributed by atoms with Crippen molar-refractivity contribution < 1.29 is 9.53 Å². The molecule has 9 heteroatoms. The van der Waals surface area contributed by atoms with E-state index in [1.807, 2.05) is 54.1 Å². The number of aromatic amines is 1. The van der Waals surface area contributed by atoms with Crippen LogP contribution >= 0.6 is 11.3 Å². The third-order valence-corrected chi connectivity index (χ3v) is 5.12. The summed E-state index contributed by atoms with van der Waals surface area (Å²) in [6.45, 7) is 3.83. The minimum absolute atomic E-state index is 0.199. The first kappa shape index (κ1) is 17.9. The van der Waals surface area contributed by atoms with Crippen molar-refractivity contribution in [2.75, 3.05) is 12.4 Å². The van der Waals surface area contributed by atoms with Crippen LogP contribution in [0.3, 0.4) is 0 Å². The van der Waals surface area contributed by atoms with E-state index in [-0.39, 0.29) is 11.9 Å². The first-order valence-corrected chi connectivity index (χ1v) is 9.42. The van der Waals surface area contributed by atoms with Crippen LogP contribution < -0.4 is 10.1 Å². The quantitative estimate of drug-likeness (QED) is 0.539. The molecule has 1 amide bonds. The summed E-state index contributed by atoms with van der Waals surface area (Å²) in [6, 6.07) is 9.29. The van der Waals surface area contributed by atoms with Gasteiger partial charge < -0.3 is 4.74 Å². The molecule has 1 aromatic carbocycles. The monoisotopic (exact) mass is 394 g/mol. The van der Waals surface area contributed by atoms with E-state index in [9.17, 15) is 4.79 Å². The highest BCUT2D eigenvalue weighted by Gasteiger charge is 2.19. The Hall–Kier alpha value is -3.46. The molecule has 28 heavy (non-hydrogen) atoms. The standard InChI is InChI=1S/C19H18N6O2S/c1-11-10-14(12(2)25(11)19-20-8-9-28-19)17(26)22-18-21-16(23-24-18)13-6-4-5-7-15(13)27-3/h4-10H,1-3H3,(H2,21,22,23,24,26). The smallest absolute Gasteiger partial charge is 0.259 e. The number of nitrogens with one attached hydrogen (secondary N) is 2. The van der Waals surface area contributed by atoms with Gasteiger partial charge in [0.25, 0.3) is 5.91 Å². The zero-order valence-corrected chi connectivity index (χ0v) is 16.4. The van der Waals surface area contributed by atoms with E-state index in [0.29, 0.717) is 17.1 Å². The number of carbonyl (C=O) groups is 1. The van der Waals surface area contributed by atoms with Crippen LogP contribution in [0.5, 0.6) is 5.75 Å². The molecular weight excluding hydrogens is 376 g/mol. The van der Waals surface area contributed by atoms with Gasteiger partial charge in [0.1, 0.15) is 5.75 Å². The second-order valence-electron chi connectivity index (χ2n) is 6.10. The number of para-hydroxylation sites is 1. The van der Waals surface area contributed by atoms with Crippen LogP contribution in [0.4, 0.5) is 5.95 Å². The molecule has 4 aromatic rings. The summed E-state index contributed by atoms with van der Waals surface area (Å²) in [5, 5.41) is 12.4. The van der Waals surface area contributed by atoms with Crippen molar-refractivity contribution in [1.29, 1.82) is 0 Å². The first-order chi connectivity index (χ1) is 13.6. The summed E-state index contributed by atoms with van der Waals surface area (Å²) in [5.41, 5.74) is 3.06. The van der Waals surface area contributed by atoms with Gasteiger partial charge in [-0.25, -0.2) is 4.98 Å². The molecule has 0 atom stereocenters. The molecule has 0 aliphatic rings. The minimum Gasteiger partial charge on any atom is -0.496 e. The van der Waals surface area contributed by atoms with Crippen molar-refractivity contribution in [3.63, 3.8) is 0 Å². The van der Waals surface area contributed by atoms with Gasteiger partial charge in [-0.15, -0.1) is 16.4 Å². The van der Waals surface area contributed by atoms with Gasteiger partial charge in [-0.3, -0.25) is 19.8 Å². The maximum atomic E-state index is 12.8. The minimum atomic E-state index is -0.276. The maximum absolute atomic E-state index is 12.8. The molecule has 0 unspecified atom stereocenters. The number of H-pyrrole nitrogens is 1. The van der Waals surface area contributed by atoms with E-state index in [1.165, 1.54) is 11.3 Å². The molecule has 4 rings (SSSR count). The van der Waals surface area contributed by atoms with Crippen LogP contribution in [0, 0.1) is 13.8 Å². The average Bonchev–Trinajstić information content (AvgIpc) is 3.43. The predicted octanol–water partition coefficient (Wildman–Crippen LogP) is 3.60. The van der Waals surface area contributed by atoms with Crippen LogP contribution in [0.15, 0.2) is 41.9 Å². The molecule has 0 saturated heterocycles. The second-order valence-corrected chi connectivity index (χ2v) is 6.97. The summed E-state index contributed by atoms with van der Waals surface area (Å²) in [4.78, 5) is 21.5. The molecule has 0 saturated carbocycles. The first-order valence-electron chi connectivity index (χ1n) is 8.54. The molecule has 142 valence electrons. The fourth-order valence-corrected chi connectivity index (χ4v) is 3.81. The molecule has 0 bridgehead atoms. The van der Waals surface area contributed by atoms with Crippen molar-refractivity contribution in [1.82, 2.24) is 24.7 Å². The van der Waals surface area contributed by atoms with Gasteiger partial charge in [0.05, 0.1) is 18.2 Å². The average molecular weight is 394 g/mol. The van der Waals surface area contributed by atoms with Gasteiger partial charge in [0.2, 0.25) is 5.95 Å². The molecule has 2 N–H and O–H groups in total. The number of aryl methyl sites for hydroxylation is 1. The van der Waals surface area contributed by atoms with Gasteiger partial charge in [0, 0.05) is 23.0 Å². The van der Waals surface area contributed by atoms with E-state index < -0.39 is 0 Å². The normalized spacial score (nSPS) is 10.8. The zero-order valence-electron chi connectivity index (χ0n) is 15.6. The van der Waals surface area contributed by atoms with Crippen molar-refractivity contribution in [3.8, 4) is 22.3 Å². The Balaban J connectivity index is 1.59. The van der Waals surface area contributed by atoms with Crippen LogP contribution in [0.25, 0.3) is 16.5 Å². The summed E-state index contributed by atoms with van der Waals surface area (Å²) < 4.78 is 7.30. The van der Waals surface area contributed by atoms with Crippen molar-refractivity contribution in [3.05, 3.63) is 58.9 Å². The largest absolute Gasteiger partial charge is 0.496 e. The molecule has 3 aromatic heterocycles. The number of benzene rings is 1. The Kier molecular flexibility index (Phi) is 4.66. The number of hydrogen-bond acceptors (Lipinski definition) is 6. The number of nitrogens with zero attached hydrogens (tertiary/aromatic N) is 4. The zero-order chi connectivity index (χ0) is 19.7. The van der Waals surface area contributed by atoms with Crippen LogP contribution in [0.2, 0.25) is 0 Å². The van der Waals surface area contributed by atoms with Crippen molar-refractivity contribution in [2.45, 2.75) is 13.8 Å². The van der Waals surface area contributed by atoms with E-state index in [2.05, 4.69) is 25.5 Å². The summed E-state index contributed by atoms with van der Waals surface area (Å²) >= 11 is 1.52. The number of rotatable bonds is 5. The Morgan fingerprint density at radius 2 is 2.11 bits per heavy atom. The Morgan fingerprint density at radius 3 is 2.86 bits per heavy atom. The summed E-state index contributed by atoms with van der Waals surface area (Å²) in [6.07, 6.45) is 1.74. The molecule has 0 radical (unpaired) electrons. The molecule has 0 aliphatic carbocycles. The van der Waals surface area contributed by atoms with Crippen LogP contribution in [-0.4, -0.2) is 37.7 Å². The Morgan fingerprint density at radius 1 is 1.29 bits per heavy atom. The molecule has 0 fully saturated rings. The second kappa shape index (κ2) is 7.28. The lowest BCUT2D eigenvalue weighted by atomic mass is 10.2. The topological polar surface area (TPSA) is 97.7 Å². The highest BCUT2D eigenvalue weighted by atomic mass is 32.1. The summed E-state index contributed by atoms with van der Waals surface area (Å²) in [5.74, 6) is 1.11. The predicted molar refractivity (Wildman–Crippen MR) is 107 cm³/mol. The van der Waals surface area contributed by atoms with Gasteiger partial charge in [0.15, 0.2) is 11.0 Å². The SMILES string of the molecule is COc1ccccc1-c1nc(NC(=O)c2cc(C)n(-c3nccs3)c2C)n[nH]1. The van der Waals surface area contributed by atoms with E-state index in [4.69, 9.17) is 4.74 Å². The van der Waals surface area contributed by atoms with Gasteiger partial charge in [-0.1, -0.05) is 12.1 Å². The van der Waals surface area contributed by atoms with Crippen LogP contribution in [-0.2, 0) is 0 Å². The third-order valence-electron chi connectivity index (χ3n) is 4.36. The highest BCUT2D eigenvalue weighted by Crippen LogP contribution is 2.27. The fourth-order valence-electron chi connectivity index (χ4n) is 3.06. The number of thiazole rings is 1. The lowest BCUT2D eigenvalue weighted by Crippen LogP contribution is -2.14. The summed E-state index contributed by atoms with van der Waals surface area (Å²) in [7, 11) is 1.59. The van der Waals surface area contributed by atoms with Gasteiger partial charge in [-0.05, 0) is 32.0 Å². The van der Waals surface area contributed by atoms with Crippen molar-refractivity contribution in [2.24, 2.45) is 0 Å². The number of ether oxygens (including phenoxy) is 1. The van der Waals surface area contributed by atoms with E-state index in [1.54, 1.807) is 13.3 Å². The Bertz CT molecular complexity index is 1130. The Labute approximate surface area is 165 Å². The van der Waals surface area contributed by atoms with E-state index >= 15 is 0 Å². The molecule has 0 spiro atoms. The molecule has 8 nitrogen and oxygen atoms in total. The number of anilines is 1. The van der Waals surface area contributed by atoms with Crippen LogP contribution in [0.1, 0.15) is 21.7 Å².